The summed E-state index contributed by atoms with van der Waals surface area (Å²) in [5.41, 5.74) is 2.58. The van der Waals surface area contributed by atoms with E-state index in [0.29, 0.717) is 5.56 Å². The molecule has 21 heavy (non-hydrogen) atoms. The molecule has 0 bridgehead atoms. The first-order valence-corrected chi connectivity index (χ1v) is 6.58. The maximum absolute atomic E-state index is 12.0. The number of carbonyl (C=O) groups is 1. The highest BCUT2D eigenvalue weighted by atomic mass is 16.6. The lowest BCUT2D eigenvalue weighted by atomic mass is 10.0. The summed E-state index contributed by atoms with van der Waals surface area (Å²) >= 11 is 0. The number of nitro groups is 1. The Hall–Kier alpha value is -2.75. The topological polar surface area (TPSA) is 60.2 Å². The average Bonchev–Trinajstić information content (AvgIpc) is 2.53. The van der Waals surface area contributed by atoms with E-state index in [2.05, 4.69) is 0 Å². The van der Waals surface area contributed by atoms with Gasteiger partial charge in [0.15, 0.2) is 5.78 Å². The van der Waals surface area contributed by atoms with Gasteiger partial charge in [-0.15, -0.1) is 0 Å². The Morgan fingerprint density at radius 2 is 1.67 bits per heavy atom. The number of allylic oxidation sites excluding steroid dienone is 2. The zero-order valence-corrected chi connectivity index (χ0v) is 11.7. The van der Waals surface area contributed by atoms with Gasteiger partial charge in [0.05, 0.1) is 4.92 Å². The molecule has 0 heterocycles. The van der Waals surface area contributed by atoms with E-state index >= 15 is 0 Å². The SMILES string of the molecule is C/C(=C/CC(=O)c1ccc([N+](=O)[O-])cc1)c1ccccc1. The molecule has 0 aliphatic heterocycles. The lowest BCUT2D eigenvalue weighted by Gasteiger charge is -2.02. The first-order valence-electron chi connectivity index (χ1n) is 6.58. The van der Waals surface area contributed by atoms with Crippen LogP contribution >= 0.6 is 0 Å². The fourth-order valence-corrected chi connectivity index (χ4v) is 1.95. The number of hydrogen-bond acceptors (Lipinski definition) is 3. The molecule has 0 aliphatic rings. The number of hydrogen-bond donors (Lipinski definition) is 0. The van der Waals surface area contributed by atoms with Gasteiger partial charge < -0.3 is 0 Å². The third-order valence-corrected chi connectivity index (χ3v) is 3.22. The fraction of sp³-hybridized carbons (Fsp3) is 0.118. The van der Waals surface area contributed by atoms with Gasteiger partial charge in [-0.2, -0.15) is 0 Å². The van der Waals surface area contributed by atoms with Gasteiger partial charge in [0.2, 0.25) is 0 Å². The summed E-state index contributed by atoms with van der Waals surface area (Å²) in [7, 11) is 0. The molecule has 0 aliphatic carbocycles. The van der Waals surface area contributed by atoms with Gasteiger partial charge in [-0.05, 0) is 30.2 Å². The normalized spacial score (nSPS) is 11.2. The van der Waals surface area contributed by atoms with Gasteiger partial charge >= 0.3 is 0 Å². The number of non-ortho nitro benzene ring substituents is 1. The smallest absolute Gasteiger partial charge is 0.269 e. The predicted molar refractivity (Wildman–Crippen MR) is 82.1 cm³/mol. The molecule has 0 saturated carbocycles. The molecular weight excluding hydrogens is 266 g/mol. The summed E-state index contributed by atoms with van der Waals surface area (Å²) in [6.45, 7) is 1.96. The van der Waals surface area contributed by atoms with E-state index in [-0.39, 0.29) is 17.9 Å². The van der Waals surface area contributed by atoms with Crippen LogP contribution in [0.5, 0.6) is 0 Å². The number of nitrogens with zero attached hydrogens (tertiary/aromatic N) is 1. The van der Waals surface area contributed by atoms with Gasteiger partial charge in [-0.25, -0.2) is 0 Å². The van der Waals surface area contributed by atoms with Crippen LogP contribution in [-0.2, 0) is 0 Å². The van der Waals surface area contributed by atoms with Crippen LogP contribution < -0.4 is 0 Å². The number of nitro benzene ring substituents is 1. The Labute approximate surface area is 122 Å². The minimum absolute atomic E-state index is 0.0115. The van der Waals surface area contributed by atoms with E-state index in [0.717, 1.165) is 11.1 Å². The standard InChI is InChI=1S/C17H15NO3/c1-13(14-5-3-2-4-6-14)7-12-17(19)15-8-10-16(11-9-15)18(20)21/h2-11H,12H2,1H3/b13-7-. The summed E-state index contributed by atoms with van der Waals surface area (Å²) in [6, 6.07) is 15.5. The third-order valence-electron chi connectivity index (χ3n) is 3.22. The monoisotopic (exact) mass is 281 g/mol. The lowest BCUT2D eigenvalue weighted by molar-refractivity contribution is -0.384. The molecular formula is C17H15NO3. The first-order chi connectivity index (χ1) is 10.1. The zero-order chi connectivity index (χ0) is 15.2. The van der Waals surface area contributed by atoms with Crippen molar-refractivity contribution < 1.29 is 9.72 Å². The van der Waals surface area contributed by atoms with E-state index in [1.807, 2.05) is 43.3 Å². The Morgan fingerprint density at radius 3 is 2.24 bits per heavy atom. The molecule has 0 unspecified atom stereocenters. The summed E-state index contributed by atoms with van der Waals surface area (Å²) in [4.78, 5) is 22.1. The van der Waals surface area contributed by atoms with Gasteiger partial charge in [0.25, 0.3) is 5.69 Å². The van der Waals surface area contributed by atoms with Crippen molar-refractivity contribution in [3.05, 3.63) is 81.9 Å². The molecule has 2 rings (SSSR count). The van der Waals surface area contributed by atoms with Crippen molar-refractivity contribution in [3.8, 4) is 0 Å². The molecule has 4 heteroatoms. The molecule has 0 atom stereocenters. The number of rotatable bonds is 5. The van der Waals surface area contributed by atoms with Crippen LogP contribution in [0.3, 0.4) is 0 Å². The molecule has 2 aromatic carbocycles. The molecule has 0 N–H and O–H groups in total. The van der Waals surface area contributed by atoms with Crippen molar-refractivity contribution >= 4 is 17.0 Å². The summed E-state index contributed by atoms with van der Waals surface area (Å²) in [5.74, 6) is -0.0554. The second kappa shape index (κ2) is 6.61. The van der Waals surface area contributed by atoms with Crippen molar-refractivity contribution in [1.82, 2.24) is 0 Å². The maximum atomic E-state index is 12.0. The van der Waals surface area contributed by atoms with Crippen LogP contribution in [0.4, 0.5) is 5.69 Å². The van der Waals surface area contributed by atoms with Crippen LogP contribution in [-0.4, -0.2) is 10.7 Å². The Kier molecular flexibility index (Phi) is 4.61. The lowest BCUT2D eigenvalue weighted by Crippen LogP contribution is -1.98. The molecule has 106 valence electrons. The predicted octanol–water partition coefficient (Wildman–Crippen LogP) is 4.27. The average molecular weight is 281 g/mol. The maximum Gasteiger partial charge on any atom is 0.269 e. The largest absolute Gasteiger partial charge is 0.294 e. The molecule has 0 aromatic heterocycles. The van der Waals surface area contributed by atoms with Crippen LogP contribution in [0, 0.1) is 10.1 Å². The highest BCUT2D eigenvalue weighted by Gasteiger charge is 2.08. The molecule has 0 radical (unpaired) electrons. The number of benzene rings is 2. The highest BCUT2D eigenvalue weighted by molar-refractivity contribution is 5.97. The van der Waals surface area contributed by atoms with Crippen LogP contribution in [0.15, 0.2) is 60.7 Å². The third kappa shape index (κ3) is 3.86. The quantitative estimate of drug-likeness (QED) is 0.467. The minimum atomic E-state index is -0.478. The van der Waals surface area contributed by atoms with E-state index in [4.69, 9.17) is 0 Å². The molecule has 0 spiro atoms. The summed E-state index contributed by atoms with van der Waals surface area (Å²) < 4.78 is 0. The minimum Gasteiger partial charge on any atom is -0.294 e. The van der Waals surface area contributed by atoms with Gasteiger partial charge in [-0.1, -0.05) is 36.4 Å². The molecule has 2 aromatic rings. The molecule has 0 saturated heterocycles. The van der Waals surface area contributed by atoms with Gasteiger partial charge in [-0.3, -0.25) is 14.9 Å². The first kappa shape index (κ1) is 14.7. The number of ketones is 1. The van der Waals surface area contributed by atoms with E-state index in [9.17, 15) is 14.9 Å². The van der Waals surface area contributed by atoms with E-state index < -0.39 is 4.92 Å². The van der Waals surface area contributed by atoms with Crippen molar-refractivity contribution in [2.45, 2.75) is 13.3 Å². The second-order valence-electron chi connectivity index (χ2n) is 4.68. The van der Waals surface area contributed by atoms with Crippen molar-refractivity contribution in [1.29, 1.82) is 0 Å². The molecule has 4 nitrogen and oxygen atoms in total. The second-order valence-corrected chi connectivity index (χ2v) is 4.68. The summed E-state index contributed by atoms with van der Waals surface area (Å²) in [6.07, 6.45) is 2.15. The fourth-order valence-electron chi connectivity index (χ4n) is 1.95. The summed E-state index contributed by atoms with van der Waals surface area (Å²) in [5, 5.41) is 10.6. The van der Waals surface area contributed by atoms with Crippen molar-refractivity contribution in [2.24, 2.45) is 0 Å². The number of carbonyl (C=O) groups excluding carboxylic acids is 1. The van der Waals surface area contributed by atoms with Gasteiger partial charge in [0.1, 0.15) is 0 Å². The van der Waals surface area contributed by atoms with E-state index in [1.54, 1.807) is 0 Å². The number of Topliss-reactive ketones (excluding diaryl/α,β-unsaturated/α-hetero) is 1. The Balaban J connectivity index is 2.06. The van der Waals surface area contributed by atoms with Crippen LogP contribution in [0.1, 0.15) is 29.3 Å². The van der Waals surface area contributed by atoms with E-state index in [1.165, 1.54) is 24.3 Å². The van der Waals surface area contributed by atoms with Crippen LogP contribution in [0.25, 0.3) is 5.57 Å². The van der Waals surface area contributed by atoms with Crippen molar-refractivity contribution in [3.63, 3.8) is 0 Å². The Bertz CT molecular complexity index is 673. The molecule has 0 fully saturated rings. The highest BCUT2D eigenvalue weighted by Crippen LogP contribution is 2.16. The van der Waals surface area contributed by atoms with Crippen LogP contribution in [0.2, 0.25) is 0 Å². The Morgan fingerprint density at radius 1 is 1.05 bits per heavy atom. The van der Waals surface area contributed by atoms with Gasteiger partial charge in [0, 0.05) is 24.1 Å². The zero-order valence-electron chi connectivity index (χ0n) is 11.7. The van der Waals surface area contributed by atoms with Crippen molar-refractivity contribution in [2.75, 3.05) is 0 Å². The molecule has 0 amide bonds.